The number of methoxy groups -OCH3 is 1. The number of ether oxygens (including phenoxy) is 1. The first-order chi connectivity index (χ1) is 9.91. The van der Waals surface area contributed by atoms with Crippen LogP contribution in [-0.4, -0.2) is 43.6 Å². The molecule has 7 heteroatoms. The summed E-state index contributed by atoms with van der Waals surface area (Å²) in [6, 6.07) is 1.66. The van der Waals surface area contributed by atoms with Crippen molar-refractivity contribution >= 4 is 21.6 Å². The van der Waals surface area contributed by atoms with E-state index in [9.17, 15) is 8.42 Å². The maximum Gasteiger partial charge on any atom is 0.244 e. The van der Waals surface area contributed by atoms with Gasteiger partial charge in [-0.15, -0.1) is 11.6 Å². The van der Waals surface area contributed by atoms with Gasteiger partial charge >= 0.3 is 0 Å². The van der Waals surface area contributed by atoms with Gasteiger partial charge in [0.05, 0.1) is 12.5 Å². The Hall–Kier alpha value is -0.560. The number of rotatable bonds is 8. The highest BCUT2D eigenvalue weighted by molar-refractivity contribution is 7.89. The minimum Gasteiger partial charge on any atom is -0.383 e. The van der Waals surface area contributed by atoms with Crippen molar-refractivity contribution in [3.8, 4) is 0 Å². The normalized spacial score (nSPS) is 17.4. The summed E-state index contributed by atoms with van der Waals surface area (Å²) in [7, 11) is -0.125. The average Bonchev–Trinajstić information content (AvgIpc) is 3.21. The van der Waals surface area contributed by atoms with E-state index >= 15 is 0 Å². The fraction of sp³-hybridized carbons (Fsp3) is 0.714. The molecule has 1 aromatic heterocycles. The van der Waals surface area contributed by atoms with Gasteiger partial charge in [-0.05, 0) is 31.7 Å². The molecule has 1 unspecified atom stereocenters. The van der Waals surface area contributed by atoms with Gasteiger partial charge in [0.15, 0.2) is 0 Å². The van der Waals surface area contributed by atoms with Crippen LogP contribution in [0.25, 0.3) is 0 Å². The zero-order chi connectivity index (χ0) is 15.6. The van der Waals surface area contributed by atoms with Gasteiger partial charge in [0.1, 0.15) is 4.90 Å². The largest absolute Gasteiger partial charge is 0.383 e. The van der Waals surface area contributed by atoms with Crippen LogP contribution in [0, 0.1) is 5.92 Å². The first kappa shape index (κ1) is 16.8. The molecule has 1 fully saturated rings. The van der Waals surface area contributed by atoms with Gasteiger partial charge in [-0.2, -0.15) is 4.31 Å². The molecule has 1 heterocycles. The molecule has 2 rings (SSSR count). The topological polar surface area (TPSA) is 51.5 Å². The van der Waals surface area contributed by atoms with E-state index in [-0.39, 0.29) is 6.04 Å². The Labute approximate surface area is 131 Å². The first-order valence-electron chi connectivity index (χ1n) is 7.13. The highest BCUT2D eigenvalue weighted by atomic mass is 35.5. The summed E-state index contributed by atoms with van der Waals surface area (Å²) in [5, 5.41) is 0. The summed E-state index contributed by atoms with van der Waals surface area (Å²) in [5.74, 6) is 0.760. The van der Waals surface area contributed by atoms with E-state index in [1.807, 2.05) is 6.92 Å². The number of nitrogens with zero attached hydrogens (tertiary/aromatic N) is 2. The predicted molar refractivity (Wildman–Crippen MR) is 82.9 cm³/mol. The summed E-state index contributed by atoms with van der Waals surface area (Å²) in [6.45, 7) is 2.75. The molecule has 0 aromatic carbocycles. The van der Waals surface area contributed by atoms with Crippen molar-refractivity contribution in [2.45, 2.75) is 36.6 Å². The standard InChI is InChI=1S/C14H23ClN2O3S/c1-11(12-4-5-12)17(6-7-20-3)21(18,19)14-8-13(9-15)16(2)10-14/h8,10-12H,4-7,9H2,1-3H3. The van der Waals surface area contributed by atoms with Crippen LogP contribution in [0.5, 0.6) is 0 Å². The Balaban J connectivity index is 2.30. The minimum absolute atomic E-state index is 0.00445. The lowest BCUT2D eigenvalue weighted by molar-refractivity contribution is 0.164. The summed E-state index contributed by atoms with van der Waals surface area (Å²) >= 11 is 5.83. The Morgan fingerprint density at radius 2 is 2.19 bits per heavy atom. The van der Waals surface area contributed by atoms with E-state index in [0.717, 1.165) is 18.5 Å². The molecular weight excluding hydrogens is 312 g/mol. The average molecular weight is 335 g/mol. The third-order valence-electron chi connectivity index (χ3n) is 4.10. The molecule has 1 aromatic rings. The van der Waals surface area contributed by atoms with Gasteiger partial charge in [0.2, 0.25) is 10.0 Å². The smallest absolute Gasteiger partial charge is 0.244 e. The molecule has 0 spiro atoms. The molecule has 5 nitrogen and oxygen atoms in total. The van der Waals surface area contributed by atoms with Crippen LogP contribution in [0.3, 0.4) is 0 Å². The number of aromatic nitrogens is 1. The van der Waals surface area contributed by atoms with Gasteiger partial charge in [0.25, 0.3) is 0 Å². The molecule has 120 valence electrons. The summed E-state index contributed by atoms with van der Waals surface area (Å²) in [4.78, 5) is 0.309. The lowest BCUT2D eigenvalue weighted by atomic mass is 10.2. The molecule has 0 aliphatic heterocycles. The molecule has 1 atom stereocenters. The van der Waals surface area contributed by atoms with Crippen LogP contribution < -0.4 is 0 Å². The van der Waals surface area contributed by atoms with Crippen LogP contribution in [0.2, 0.25) is 0 Å². The van der Waals surface area contributed by atoms with Crippen molar-refractivity contribution in [2.75, 3.05) is 20.3 Å². The number of hydrogen-bond acceptors (Lipinski definition) is 3. The molecule has 0 saturated heterocycles. The Morgan fingerprint density at radius 3 is 2.67 bits per heavy atom. The van der Waals surface area contributed by atoms with Crippen LogP contribution in [0.1, 0.15) is 25.5 Å². The lowest BCUT2D eigenvalue weighted by Gasteiger charge is -2.27. The van der Waals surface area contributed by atoms with Crippen molar-refractivity contribution in [1.82, 2.24) is 8.87 Å². The Morgan fingerprint density at radius 1 is 1.52 bits per heavy atom. The molecule has 1 aliphatic carbocycles. The van der Waals surface area contributed by atoms with Gasteiger partial charge < -0.3 is 9.30 Å². The van der Waals surface area contributed by atoms with E-state index in [1.165, 1.54) is 0 Å². The van der Waals surface area contributed by atoms with E-state index in [2.05, 4.69) is 0 Å². The van der Waals surface area contributed by atoms with Crippen molar-refractivity contribution in [1.29, 1.82) is 0 Å². The monoisotopic (exact) mass is 334 g/mol. The van der Waals surface area contributed by atoms with Crippen LogP contribution >= 0.6 is 11.6 Å². The first-order valence-corrected chi connectivity index (χ1v) is 9.11. The highest BCUT2D eigenvalue weighted by Gasteiger charge is 2.38. The second kappa shape index (κ2) is 6.69. The number of sulfonamides is 1. The minimum atomic E-state index is -3.52. The second-order valence-electron chi connectivity index (χ2n) is 5.60. The van der Waals surface area contributed by atoms with Crippen LogP contribution in [-0.2, 0) is 27.7 Å². The SMILES string of the molecule is COCCN(C(C)C1CC1)S(=O)(=O)c1cc(CCl)n(C)c1. The second-order valence-corrected chi connectivity index (χ2v) is 7.76. The fourth-order valence-electron chi connectivity index (χ4n) is 2.52. The number of alkyl halides is 1. The summed E-state index contributed by atoms with van der Waals surface area (Å²) in [5.41, 5.74) is 0.793. The lowest BCUT2D eigenvalue weighted by Crippen LogP contribution is -2.41. The van der Waals surface area contributed by atoms with Gasteiger partial charge in [0, 0.05) is 38.6 Å². The van der Waals surface area contributed by atoms with E-state index in [1.54, 1.807) is 35.3 Å². The zero-order valence-corrected chi connectivity index (χ0v) is 14.3. The van der Waals surface area contributed by atoms with Crippen molar-refractivity contribution < 1.29 is 13.2 Å². The third kappa shape index (κ3) is 3.62. The maximum absolute atomic E-state index is 12.9. The van der Waals surface area contributed by atoms with Crippen LogP contribution in [0.4, 0.5) is 0 Å². The van der Waals surface area contributed by atoms with Gasteiger partial charge in [-0.25, -0.2) is 8.42 Å². The van der Waals surface area contributed by atoms with Crippen molar-refractivity contribution in [2.24, 2.45) is 13.0 Å². The summed E-state index contributed by atoms with van der Waals surface area (Å²) < 4.78 is 34.2. The van der Waals surface area contributed by atoms with Gasteiger partial charge in [-0.1, -0.05) is 0 Å². The molecule has 1 saturated carbocycles. The molecule has 0 amide bonds. The molecule has 21 heavy (non-hydrogen) atoms. The molecule has 0 bridgehead atoms. The van der Waals surface area contributed by atoms with Crippen molar-refractivity contribution in [3.63, 3.8) is 0 Å². The predicted octanol–water partition coefficient (Wildman–Crippen LogP) is 2.20. The van der Waals surface area contributed by atoms with E-state index in [4.69, 9.17) is 16.3 Å². The van der Waals surface area contributed by atoms with Gasteiger partial charge in [-0.3, -0.25) is 0 Å². The highest BCUT2D eigenvalue weighted by Crippen LogP contribution is 2.37. The number of halogens is 1. The molecular formula is C14H23ClN2O3S. The van der Waals surface area contributed by atoms with E-state index < -0.39 is 10.0 Å². The fourth-order valence-corrected chi connectivity index (χ4v) is 4.56. The van der Waals surface area contributed by atoms with Crippen LogP contribution in [0.15, 0.2) is 17.2 Å². The Bertz CT molecular complexity index is 581. The zero-order valence-electron chi connectivity index (χ0n) is 12.8. The molecule has 0 radical (unpaired) electrons. The molecule has 1 aliphatic rings. The Kier molecular flexibility index (Phi) is 5.35. The number of hydrogen-bond donors (Lipinski definition) is 0. The maximum atomic E-state index is 12.9. The quantitative estimate of drug-likeness (QED) is 0.685. The van der Waals surface area contributed by atoms with Crippen molar-refractivity contribution in [3.05, 3.63) is 18.0 Å². The third-order valence-corrected chi connectivity index (χ3v) is 6.33. The molecule has 0 N–H and O–H groups in total. The summed E-state index contributed by atoms with van der Waals surface area (Å²) in [6.07, 6.45) is 3.83. The number of aryl methyl sites for hydroxylation is 1. The van der Waals surface area contributed by atoms with E-state index in [0.29, 0.717) is 29.8 Å².